The van der Waals surface area contributed by atoms with Crippen LogP contribution in [0.2, 0.25) is 0 Å². The largest absolute Gasteiger partial charge is 0.351 e. The van der Waals surface area contributed by atoms with Gasteiger partial charge < -0.3 is 16.0 Å². The third-order valence-electron chi connectivity index (χ3n) is 4.18. The van der Waals surface area contributed by atoms with Gasteiger partial charge in [0.25, 0.3) is 5.91 Å². The normalized spacial score (nSPS) is 15.0. The molecule has 1 fully saturated rings. The molecule has 0 atom stereocenters. The molecule has 0 bridgehead atoms. The Bertz CT molecular complexity index is 661. The first-order valence-corrected chi connectivity index (χ1v) is 8.11. The molecule has 1 aromatic carbocycles. The SMILES string of the molecule is NCc1cnn(-c2ccccc2C(=O)NCCN2CCCC2)c1. The minimum atomic E-state index is -0.0652. The number of benzene rings is 1. The summed E-state index contributed by atoms with van der Waals surface area (Å²) in [5, 5.41) is 7.30. The summed E-state index contributed by atoms with van der Waals surface area (Å²) in [7, 11) is 0. The Kier molecular flexibility index (Phi) is 5.05. The summed E-state index contributed by atoms with van der Waals surface area (Å²) < 4.78 is 1.71. The highest BCUT2D eigenvalue weighted by Gasteiger charge is 2.14. The Morgan fingerprint density at radius 3 is 2.78 bits per heavy atom. The number of carbonyl (C=O) groups excluding carboxylic acids is 1. The summed E-state index contributed by atoms with van der Waals surface area (Å²) in [4.78, 5) is 14.9. The van der Waals surface area contributed by atoms with Crippen molar-refractivity contribution in [1.82, 2.24) is 20.0 Å². The first-order chi connectivity index (χ1) is 11.3. The summed E-state index contributed by atoms with van der Waals surface area (Å²) in [5.74, 6) is -0.0652. The number of nitrogens with two attached hydrogens (primary N) is 1. The molecule has 1 aliphatic heterocycles. The average molecular weight is 313 g/mol. The average Bonchev–Trinajstić information content (AvgIpc) is 3.26. The van der Waals surface area contributed by atoms with Crippen molar-refractivity contribution < 1.29 is 4.79 Å². The summed E-state index contributed by atoms with van der Waals surface area (Å²) >= 11 is 0. The molecule has 6 heteroatoms. The molecule has 0 unspecified atom stereocenters. The number of nitrogens with one attached hydrogen (secondary N) is 1. The minimum Gasteiger partial charge on any atom is -0.351 e. The summed E-state index contributed by atoms with van der Waals surface area (Å²) in [6, 6.07) is 7.49. The molecule has 23 heavy (non-hydrogen) atoms. The predicted molar refractivity (Wildman–Crippen MR) is 89.5 cm³/mol. The lowest BCUT2D eigenvalue weighted by molar-refractivity contribution is 0.0949. The topological polar surface area (TPSA) is 76.2 Å². The van der Waals surface area contributed by atoms with Gasteiger partial charge in [-0.25, -0.2) is 4.68 Å². The fourth-order valence-electron chi connectivity index (χ4n) is 2.89. The van der Waals surface area contributed by atoms with Gasteiger partial charge in [-0.2, -0.15) is 5.10 Å². The van der Waals surface area contributed by atoms with Crippen molar-refractivity contribution in [2.75, 3.05) is 26.2 Å². The van der Waals surface area contributed by atoms with Crippen LogP contribution in [0, 0.1) is 0 Å². The Hall–Kier alpha value is -2.18. The van der Waals surface area contributed by atoms with Gasteiger partial charge in [0.1, 0.15) is 0 Å². The van der Waals surface area contributed by atoms with Crippen LogP contribution in [0.1, 0.15) is 28.8 Å². The molecule has 1 amide bonds. The zero-order valence-electron chi connectivity index (χ0n) is 13.2. The molecule has 122 valence electrons. The second-order valence-corrected chi connectivity index (χ2v) is 5.82. The van der Waals surface area contributed by atoms with Crippen LogP contribution in [0.5, 0.6) is 0 Å². The fourth-order valence-corrected chi connectivity index (χ4v) is 2.89. The number of hydrogen-bond donors (Lipinski definition) is 2. The van der Waals surface area contributed by atoms with Crippen LogP contribution in [0.4, 0.5) is 0 Å². The molecule has 1 aliphatic rings. The van der Waals surface area contributed by atoms with Crippen molar-refractivity contribution in [2.45, 2.75) is 19.4 Å². The highest BCUT2D eigenvalue weighted by molar-refractivity contribution is 5.97. The molecule has 0 radical (unpaired) electrons. The third kappa shape index (κ3) is 3.78. The molecule has 2 heterocycles. The zero-order chi connectivity index (χ0) is 16.1. The summed E-state index contributed by atoms with van der Waals surface area (Å²) in [5.41, 5.74) is 7.96. The van der Waals surface area contributed by atoms with Crippen LogP contribution in [0.15, 0.2) is 36.7 Å². The van der Waals surface area contributed by atoms with Crippen molar-refractivity contribution in [3.05, 3.63) is 47.8 Å². The van der Waals surface area contributed by atoms with E-state index in [4.69, 9.17) is 5.73 Å². The van der Waals surface area contributed by atoms with E-state index in [1.165, 1.54) is 12.8 Å². The van der Waals surface area contributed by atoms with Crippen LogP contribution < -0.4 is 11.1 Å². The second-order valence-electron chi connectivity index (χ2n) is 5.82. The van der Waals surface area contributed by atoms with Crippen LogP contribution in [0.3, 0.4) is 0 Å². The smallest absolute Gasteiger partial charge is 0.253 e. The van der Waals surface area contributed by atoms with E-state index in [0.717, 1.165) is 30.9 Å². The number of rotatable bonds is 6. The standard InChI is InChI=1S/C17H23N5O/c18-11-14-12-20-22(13-14)16-6-2-1-5-15(16)17(23)19-7-10-21-8-3-4-9-21/h1-2,5-6,12-13H,3-4,7-11,18H2,(H,19,23). The molecule has 3 rings (SSSR count). The van der Waals surface area contributed by atoms with E-state index in [-0.39, 0.29) is 5.91 Å². The van der Waals surface area contributed by atoms with E-state index in [2.05, 4.69) is 15.3 Å². The van der Waals surface area contributed by atoms with Crippen LogP contribution in [-0.4, -0.2) is 46.8 Å². The van der Waals surface area contributed by atoms with E-state index >= 15 is 0 Å². The van der Waals surface area contributed by atoms with E-state index in [1.54, 1.807) is 10.9 Å². The van der Waals surface area contributed by atoms with Crippen molar-refractivity contribution in [1.29, 1.82) is 0 Å². The number of carbonyl (C=O) groups is 1. The maximum Gasteiger partial charge on any atom is 0.253 e. The quantitative estimate of drug-likeness (QED) is 0.839. The van der Waals surface area contributed by atoms with Crippen molar-refractivity contribution in [3.8, 4) is 5.69 Å². The molecule has 6 nitrogen and oxygen atoms in total. The zero-order valence-corrected chi connectivity index (χ0v) is 13.2. The number of para-hydroxylation sites is 1. The number of amides is 1. The molecule has 2 aromatic rings. The van der Waals surface area contributed by atoms with Gasteiger partial charge >= 0.3 is 0 Å². The van der Waals surface area contributed by atoms with Gasteiger partial charge in [0.15, 0.2) is 0 Å². The minimum absolute atomic E-state index is 0.0652. The first-order valence-electron chi connectivity index (χ1n) is 8.11. The lowest BCUT2D eigenvalue weighted by Gasteiger charge is -2.15. The Labute approximate surface area is 136 Å². The third-order valence-corrected chi connectivity index (χ3v) is 4.18. The van der Waals surface area contributed by atoms with Crippen molar-refractivity contribution in [2.24, 2.45) is 5.73 Å². The maximum atomic E-state index is 12.5. The van der Waals surface area contributed by atoms with Gasteiger partial charge in [-0.1, -0.05) is 12.1 Å². The maximum absolute atomic E-state index is 12.5. The van der Waals surface area contributed by atoms with Gasteiger partial charge in [-0.05, 0) is 38.1 Å². The Morgan fingerprint density at radius 1 is 1.26 bits per heavy atom. The van der Waals surface area contributed by atoms with Crippen LogP contribution >= 0.6 is 0 Å². The van der Waals surface area contributed by atoms with E-state index in [1.807, 2.05) is 30.5 Å². The fraction of sp³-hybridized carbons (Fsp3) is 0.412. The Morgan fingerprint density at radius 2 is 2.04 bits per heavy atom. The van der Waals surface area contributed by atoms with Gasteiger partial charge in [0.05, 0.1) is 17.4 Å². The van der Waals surface area contributed by atoms with E-state index in [9.17, 15) is 4.79 Å². The molecular weight excluding hydrogens is 290 g/mol. The molecule has 3 N–H and O–H groups in total. The lowest BCUT2D eigenvalue weighted by Crippen LogP contribution is -2.33. The van der Waals surface area contributed by atoms with Crippen molar-refractivity contribution >= 4 is 5.91 Å². The van der Waals surface area contributed by atoms with Crippen LogP contribution in [0.25, 0.3) is 5.69 Å². The molecule has 1 saturated heterocycles. The summed E-state index contributed by atoms with van der Waals surface area (Å²) in [6.45, 7) is 4.29. The first kappa shape index (κ1) is 15.7. The molecule has 0 saturated carbocycles. The number of aromatic nitrogens is 2. The van der Waals surface area contributed by atoms with Gasteiger partial charge in [-0.15, -0.1) is 0 Å². The monoisotopic (exact) mass is 313 g/mol. The number of likely N-dealkylation sites (tertiary alicyclic amines) is 1. The predicted octanol–water partition coefficient (Wildman–Crippen LogP) is 1.16. The highest BCUT2D eigenvalue weighted by Crippen LogP contribution is 2.14. The van der Waals surface area contributed by atoms with Crippen molar-refractivity contribution in [3.63, 3.8) is 0 Å². The van der Waals surface area contributed by atoms with Gasteiger partial charge in [0.2, 0.25) is 0 Å². The van der Waals surface area contributed by atoms with Gasteiger partial charge in [-0.3, -0.25) is 4.79 Å². The van der Waals surface area contributed by atoms with Crippen LogP contribution in [-0.2, 0) is 6.54 Å². The molecule has 0 spiro atoms. The highest BCUT2D eigenvalue weighted by atomic mass is 16.1. The Balaban J connectivity index is 1.67. The number of nitrogens with zero attached hydrogens (tertiary/aromatic N) is 3. The molecule has 0 aliphatic carbocycles. The van der Waals surface area contributed by atoms with Gasteiger partial charge in [0, 0.05) is 31.4 Å². The van der Waals surface area contributed by atoms with E-state index < -0.39 is 0 Å². The molecular formula is C17H23N5O. The summed E-state index contributed by atoms with van der Waals surface area (Å²) in [6.07, 6.45) is 6.11. The molecule has 1 aromatic heterocycles. The lowest BCUT2D eigenvalue weighted by atomic mass is 10.1. The second kappa shape index (κ2) is 7.39. The van der Waals surface area contributed by atoms with E-state index in [0.29, 0.717) is 18.7 Å². The number of hydrogen-bond acceptors (Lipinski definition) is 4.